The highest BCUT2D eigenvalue weighted by atomic mass is 35.5. The number of hydrogen-bond donors (Lipinski definition) is 0. The zero-order valence-corrected chi connectivity index (χ0v) is 10.4. The van der Waals surface area contributed by atoms with Crippen molar-refractivity contribution in [3.8, 4) is 5.69 Å². The van der Waals surface area contributed by atoms with Crippen LogP contribution in [0.2, 0.25) is 5.02 Å². The van der Waals surface area contributed by atoms with Crippen molar-refractivity contribution < 1.29 is 4.39 Å². The van der Waals surface area contributed by atoms with Gasteiger partial charge in [-0.2, -0.15) is 0 Å². The molecule has 0 bridgehead atoms. The largest absolute Gasteiger partial charge is 0.352 e. The van der Waals surface area contributed by atoms with Crippen molar-refractivity contribution >= 4 is 22.5 Å². The third-order valence-corrected chi connectivity index (χ3v) is 3.06. The summed E-state index contributed by atoms with van der Waals surface area (Å²) in [4.78, 5) is 15.7. The Morgan fingerprint density at radius 2 is 1.95 bits per heavy atom. The van der Waals surface area contributed by atoms with Crippen molar-refractivity contribution in [3.63, 3.8) is 0 Å². The number of fused-ring (bicyclic) bond motifs is 1. The van der Waals surface area contributed by atoms with Crippen molar-refractivity contribution in [1.82, 2.24) is 9.55 Å². The van der Waals surface area contributed by atoms with Crippen molar-refractivity contribution in [2.45, 2.75) is 0 Å². The first kappa shape index (κ1) is 11.9. The van der Waals surface area contributed by atoms with Crippen molar-refractivity contribution in [3.05, 3.63) is 70.0 Å². The standard InChI is InChI=1S/C14H8ClFN2O/c15-10-5-6-12-9(7-10)8-17-14(19)18(12)13-4-2-1-3-11(13)16/h1-8H. The van der Waals surface area contributed by atoms with Crippen LogP contribution < -0.4 is 5.69 Å². The molecule has 3 aromatic rings. The molecule has 0 aliphatic carbocycles. The summed E-state index contributed by atoms with van der Waals surface area (Å²) in [5.41, 5.74) is 0.211. The van der Waals surface area contributed by atoms with Gasteiger partial charge >= 0.3 is 5.69 Å². The Bertz CT molecular complexity index is 829. The average Bonchev–Trinajstić information content (AvgIpc) is 2.40. The van der Waals surface area contributed by atoms with Gasteiger partial charge in [0.15, 0.2) is 0 Å². The maximum atomic E-state index is 13.8. The number of hydrogen-bond acceptors (Lipinski definition) is 2. The van der Waals surface area contributed by atoms with Crippen LogP contribution in [0.4, 0.5) is 4.39 Å². The molecule has 0 fully saturated rings. The minimum Gasteiger partial charge on any atom is -0.258 e. The number of rotatable bonds is 1. The normalized spacial score (nSPS) is 10.8. The van der Waals surface area contributed by atoms with Gasteiger partial charge in [0.2, 0.25) is 0 Å². The molecule has 94 valence electrons. The summed E-state index contributed by atoms with van der Waals surface area (Å²) in [7, 11) is 0. The van der Waals surface area contributed by atoms with Gasteiger partial charge in [-0.15, -0.1) is 0 Å². The summed E-state index contributed by atoms with van der Waals surface area (Å²) in [6.45, 7) is 0. The van der Waals surface area contributed by atoms with Gasteiger partial charge in [-0.1, -0.05) is 23.7 Å². The van der Waals surface area contributed by atoms with Gasteiger partial charge in [0.1, 0.15) is 5.82 Å². The molecule has 5 heteroatoms. The molecule has 1 heterocycles. The summed E-state index contributed by atoms with van der Waals surface area (Å²) < 4.78 is 15.1. The van der Waals surface area contributed by atoms with Crippen molar-refractivity contribution in [2.24, 2.45) is 0 Å². The lowest BCUT2D eigenvalue weighted by atomic mass is 10.2. The fourth-order valence-electron chi connectivity index (χ4n) is 1.98. The molecule has 0 atom stereocenters. The van der Waals surface area contributed by atoms with Crippen LogP contribution in [0, 0.1) is 5.82 Å². The number of halogens is 2. The molecule has 0 saturated carbocycles. The lowest BCUT2D eigenvalue weighted by Crippen LogP contribution is -2.22. The van der Waals surface area contributed by atoms with Crippen LogP contribution in [0.1, 0.15) is 0 Å². The molecule has 1 aromatic heterocycles. The topological polar surface area (TPSA) is 34.9 Å². The predicted octanol–water partition coefficient (Wildman–Crippen LogP) is 3.18. The monoisotopic (exact) mass is 274 g/mol. The third-order valence-electron chi connectivity index (χ3n) is 2.83. The van der Waals surface area contributed by atoms with E-state index in [2.05, 4.69) is 4.98 Å². The third kappa shape index (κ3) is 2.00. The average molecular weight is 275 g/mol. The van der Waals surface area contributed by atoms with Crippen molar-refractivity contribution in [1.29, 1.82) is 0 Å². The van der Waals surface area contributed by atoms with Gasteiger partial charge in [-0.25, -0.2) is 14.2 Å². The molecule has 3 rings (SSSR count). The van der Waals surface area contributed by atoms with Gasteiger partial charge in [0, 0.05) is 16.6 Å². The predicted molar refractivity (Wildman–Crippen MR) is 72.3 cm³/mol. The van der Waals surface area contributed by atoms with Crippen LogP contribution in [0.3, 0.4) is 0 Å². The highest BCUT2D eigenvalue weighted by molar-refractivity contribution is 6.31. The quantitative estimate of drug-likeness (QED) is 0.683. The van der Waals surface area contributed by atoms with E-state index in [4.69, 9.17) is 11.6 Å². The SMILES string of the molecule is O=c1ncc2cc(Cl)ccc2n1-c1ccccc1F. The van der Waals surface area contributed by atoms with Crippen LogP contribution >= 0.6 is 11.6 Å². The molecule has 0 N–H and O–H groups in total. The Labute approximate surface area is 112 Å². The number of para-hydroxylation sites is 1. The van der Waals surface area contributed by atoms with E-state index in [0.717, 1.165) is 0 Å². The van der Waals surface area contributed by atoms with E-state index < -0.39 is 11.5 Å². The Morgan fingerprint density at radius 1 is 1.16 bits per heavy atom. The first-order valence-electron chi connectivity index (χ1n) is 5.59. The molecule has 0 amide bonds. The first-order valence-corrected chi connectivity index (χ1v) is 5.97. The Hall–Kier alpha value is -2.20. The highest BCUT2D eigenvalue weighted by Gasteiger charge is 2.10. The minimum absolute atomic E-state index is 0.174. The molecule has 0 saturated heterocycles. The zero-order chi connectivity index (χ0) is 13.4. The van der Waals surface area contributed by atoms with E-state index in [0.29, 0.717) is 15.9 Å². The molecule has 3 nitrogen and oxygen atoms in total. The molecule has 19 heavy (non-hydrogen) atoms. The fourth-order valence-corrected chi connectivity index (χ4v) is 2.16. The summed E-state index contributed by atoms with van der Waals surface area (Å²) >= 11 is 5.90. The summed E-state index contributed by atoms with van der Waals surface area (Å²) in [5.74, 6) is -0.478. The maximum Gasteiger partial charge on any atom is 0.352 e. The van der Waals surface area contributed by atoms with E-state index in [1.54, 1.807) is 30.3 Å². The second-order valence-electron chi connectivity index (χ2n) is 4.03. The molecule has 0 unspecified atom stereocenters. The van der Waals surface area contributed by atoms with Crippen LogP contribution in [-0.2, 0) is 0 Å². The molecule has 0 spiro atoms. The van der Waals surface area contributed by atoms with Crippen molar-refractivity contribution in [2.75, 3.05) is 0 Å². The lowest BCUT2D eigenvalue weighted by molar-refractivity contribution is 0.617. The Kier molecular flexibility index (Phi) is 2.80. The lowest BCUT2D eigenvalue weighted by Gasteiger charge is -2.10. The first-order chi connectivity index (χ1) is 9.16. The van der Waals surface area contributed by atoms with E-state index in [-0.39, 0.29) is 5.69 Å². The zero-order valence-electron chi connectivity index (χ0n) is 9.68. The second-order valence-corrected chi connectivity index (χ2v) is 4.47. The molecule has 0 aliphatic heterocycles. The Balaban J connectivity index is 2.44. The summed E-state index contributed by atoms with van der Waals surface area (Å²) in [5, 5.41) is 1.21. The Morgan fingerprint density at radius 3 is 2.74 bits per heavy atom. The van der Waals surface area contributed by atoms with Crippen LogP contribution in [0.15, 0.2) is 53.5 Å². The van der Waals surface area contributed by atoms with Gasteiger partial charge in [-0.3, -0.25) is 4.57 Å². The molecular weight excluding hydrogens is 267 g/mol. The summed E-state index contributed by atoms with van der Waals surface area (Å²) in [6, 6.07) is 11.1. The number of nitrogens with zero attached hydrogens (tertiary/aromatic N) is 2. The highest BCUT2D eigenvalue weighted by Crippen LogP contribution is 2.20. The van der Waals surface area contributed by atoms with Crippen LogP contribution in [-0.4, -0.2) is 9.55 Å². The number of benzene rings is 2. The molecule has 2 aromatic carbocycles. The second kappa shape index (κ2) is 4.48. The maximum absolute atomic E-state index is 13.8. The fraction of sp³-hybridized carbons (Fsp3) is 0. The summed E-state index contributed by atoms with van der Waals surface area (Å²) in [6.07, 6.45) is 1.43. The van der Waals surface area contributed by atoms with E-state index in [1.165, 1.54) is 22.9 Å². The van der Waals surface area contributed by atoms with E-state index in [9.17, 15) is 9.18 Å². The van der Waals surface area contributed by atoms with Crippen LogP contribution in [0.25, 0.3) is 16.6 Å². The van der Waals surface area contributed by atoms with Crippen LogP contribution in [0.5, 0.6) is 0 Å². The van der Waals surface area contributed by atoms with Gasteiger partial charge < -0.3 is 0 Å². The number of aromatic nitrogens is 2. The van der Waals surface area contributed by atoms with Gasteiger partial charge in [0.05, 0.1) is 11.2 Å². The minimum atomic E-state index is -0.528. The molecular formula is C14H8ClFN2O. The smallest absolute Gasteiger partial charge is 0.258 e. The molecule has 0 aliphatic rings. The van der Waals surface area contributed by atoms with Gasteiger partial charge in [0.25, 0.3) is 0 Å². The molecule has 0 radical (unpaired) electrons. The van der Waals surface area contributed by atoms with E-state index in [1.807, 2.05) is 0 Å². The van der Waals surface area contributed by atoms with Gasteiger partial charge in [-0.05, 0) is 30.3 Å². The van der Waals surface area contributed by atoms with E-state index >= 15 is 0 Å².